The molecule has 1 fully saturated rings. The lowest BCUT2D eigenvalue weighted by atomic mass is 10.0. The first-order valence-electron chi connectivity index (χ1n) is 12.7. The lowest BCUT2D eigenvalue weighted by Gasteiger charge is -2.31. The third-order valence-corrected chi connectivity index (χ3v) is 6.80. The van der Waals surface area contributed by atoms with Crippen LogP contribution in [0.5, 0.6) is 0 Å². The fourth-order valence-electron chi connectivity index (χ4n) is 4.67. The molecule has 0 radical (unpaired) electrons. The number of piperidine rings is 1. The van der Waals surface area contributed by atoms with E-state index in [1.807, 2.05) is 18.2 Å². The summed E-state index contributed by atoms with van der Waals surface area (Å²) in [7, 11) is 1.55. The molecule has 0 aromatic heterocycles. The van der Waals surface area contributed by atoms with Gasteiger partial charge in [0.1, 0.15) is 12.6 Å². The zero-order valence-electron chi connectivity index (χ0n) is 21.0. The summed E-state index contributed by atoms with van der Waals surface area (Å²) in [5.41, 5.74) is 2.26. The topological polar surface area (TPSA) is 98.8 Å². The van der Waals surface area contributed by atoms with Crippen LogP contribution in [0.15, 0.2) is 30.4 Å². The Labute approximate surface area is 213 Å². The second kappa shape index (κ2) is 14.3. The van der Waals surface area contributed by atoms with Gasteiger partial charge in [0.25, 0.3) is 5.91 Å². The number of carbonyl (C=O) groups excluding carboxylic acids is 4. The van der Waals surface area contributed by atoms with Crippen LogP contribution < -0.4 is 10.6 Å². The van der Waals surface area contributed by atoms with Crippen molar-refractivity contribution in [3.8, 4) is 11.8 Å². The monoisotopic (exact) mass is 492 g/mol. The van der Waals surface area contributed by atoms with E-state index in [2.05, 4.69) is 27.4 Å². The summed E-state index contributed by atoms with van der Waals surface area (Å²) in [6, 6.07) is 5.41. The van der Waals surface area contributed by atoms with Gasteiger partial charge in [0, 0.05) is 50.1 Å². The van der Waals surface area contributed by atoms with E-state index >= 15 is 0 Å². The highest BCUT2D eigenvalue weighted by Gasteiger charge is 2.33. The maximum absolute atomic E-state index is 12.9. The molecule has 3 rings (SSSR count). The van der Waals surface area contributed by atoms with Crippen LogP contribution in [0.4, 0.5) is 0 Å². The molecule has 1 unspecified atom stereocenters. The molecule has 1 saturated heterocycles. The zero-order valence-corrected chi connectivity index (χ0v) is 21.0. The molecule has 2 heterocycles. The number of likely N-dealkylation sites (tertiary alicyclic amines) is 1. The Kier molecular flexibility index (Phi) is 10.9. The van der Waals surface area contributed by atoms with Crippen LogP contribution in [0.25, 0.3) is 0 Å². The number of carbonyl (C=O) groups is 4. The number of fused-ring (bicyclic) bond motifs is 1. The van der Waals surface area contributed by atoms with Crippen molar-refractivity contribution in [3.05, 3.63) is 47.0 Å². The lowest BCUT2D eigenvalue weighted by Crippen LogP contribution is -2.42. The van der Waals surface area contributed by atoms with Crippen molar-refractivity contribution in [2.24, 2.45) is 0 Å². The number of hydrogen-bond donors (Lipinski definition) is 2. The number of nitrogens with zero attached hydrogens (tertiary/aromatic N) is 2. The first-order chi connectivity index (χ1) is 17.6. The average molecular weight is 493 g/mol. The SMILES string of the molecule is CNC(=O)CCC(C=O)N1Cc2c(C#CCCCNC3CCN(C/C=C/C=O)CC3)cccc2C1=O. The van der Waals surface area contributed by atoms with Gasteiger partial charge in [-0.3, -0.25) is 19.3 Å². The summed E-state index contributed by atoms with van der Waals surface area (Å²) >= 11 is 0. The van der Waals surface area contributed by atoms with Gasteiger partial charge < -0.3 is 20.3 Å². The Bertz CT molecular complexity index is 1020. The van der Waals surface area contributed by atoms with Crippen molar-refractivity contribution in [1.82, 2.24) is 20.4 Å². The quantitative estimate of drug-likeness (QED) is 0.199. The number of aldehydes is 2. The second-order valence-corrected chi connectivity index (χ2v) is 9.18. The van der Waals surface area contributed by atoms with E-state index in [9.17, 15) is 19.2 Å². The average Bonchev–Trinajstić information content (AvgIpc) is 3.24. The second-order valence-electron chi connectivity index (χ2n) is 9.18. The van der Waals surface area contributed by atoms with E-state index < -0.39 is 6.04 Å². The third kappa shape index (κ3) is 7.61. The Morgan fingerprint density at radius 3 is 2.78 bits per heavy atom. The molecule has 8 heteroatoms. The van der Waals surface area contributed by atoms with Crippen molar-refractivity contribution in [1.29, 1.82) is 0 Å². The first-order valence-corrected chi connectivity index (χ1v) is 12.7. The van der Waals surface area contributed by atoms with Crippen LogP contribution in [0.1, 0.15) is 60.0 Å². The van der Waals surface area contributed by atoms with Gasteiger partial charge in [0.15, 0.2) is 0 Å². The molecular formula is C28H36N4O4. The van der Waals surface area contributed by atoms with Gasteiger partial charge in [-0.25, -0.2) is 0 Å². The Balaban J connectivity index is 1.45. The van der Waals surface area contributed by atoms with Crippen molar-refractivity contribution >= 4 is 24.4 Å². The molecule has 0 aliphatic carbocycles. The van der Waals surface area contributed by atoms with E-state index in [4.69, 9.17) is 0 Å². The molecule has 0 bridgehead atoms. The first kappa shape index (κ1) is 27.3. The number of hydrogen-bond acceptors (Lipinski definition) is 6. The number of benzene rings is 1. The van der Waals surface area contributed by atoms with Crippen molar-refractivity contribution < 1.29 is 19.2 Å². The Morgan fingerprint density at radius 2 is 2.06 bits per heavy atom. The summed E-state index contributed by atoms with van der Waals surface area (Å²) in [5.74, 6) is 6.13. The molecular weight excluding hydrogens is 456 g/mol. The van der Waals surface area contributed by atoms with Crippen LogP contribution in [0.3, 0.4) is 0 Å². The fraction of sp³-hybridized carbons (Fsp3) is 0.500. The number of unbranched alkanes of at least 4 members (excludes halogenated alkanes) is 1. The standard InChI is InChI=1S/C28H36N4O4/c1-29-27(35)12-11-24(21-34)32-20-26-22(9-7-10-25(26)28(32)36)8-3-2-4-15-30-23-13-17-31(18-14-23)16-5-6-19-33/h5-7,9-10,19,21,23-24,30H,2,4,11-18,20H2,1H3,(H,29,35)/b6-5+. The highest BCUT2D eigenvalue weighted by Crippen LogP contribution is 2.28. The summed E-state index contributed by atoms with van der Waals surface area (Å²) in [4.78, 5) is 50.4. The molecule has 1 aromatic carbocycles. The van der Waals surface area contributed by atoms with E-state index in [0.717, 1.165) is 75.6 Å². The smallest absolute Gasteiger partial charge is 0.255 e. The molecule has 2 amide bonds. The Morgan fingerprint density at radius 1 is 1.25 bits per heavy atom. The lowest BCUT2D eigenvalue weighted by molar-refractivity contribution is -0.121. The van der Waals surface area contributed by atoms with Crippen LogP contribution >= 0.6 is 0 Å². The summed E-state index contributed by atoms with van der Waals surface area (Å²) in [6.07, 6.45) is 9.43. The molecule has 1 atom stereocenters. The van der Waals surface area contributed by atoms with Crippen molar-refractivity contribution in [2.45, 2.75) is 57.2 Å². The molecule has 192 valence electrons. The summed E-state index contributed by atoms with van der Waals surface area (Å²) < 4.78 is 0. The highest BCUT2D eigenvalue weighted by molar-refractivity contribution is 6.00. The van der Waals surface area contributed by atoms with Crippen LogP contribution in [-0.2, 0) is 20.9 Å². The van der Waals surface area contributed by atoms with Gasteiger partial charge in [0.05, 0.1) is 6.04 Å². The number of rotatable bonds is 12. The number of nitrogens with one attached hydrogen (secondary N) is 2. The van der Waals surface area contributed by atoms with Gasteiger partial charge in [0.2, 0.25) is 5.91 Å². The zero-order chi connectivity index (χ0) is 25.8. The van der Waals surface area contributed by atoms with Gasteiger partial charge in [-0.15, -0.1) is 0 Å². The summed E-state index contributed by atoms with van der Waals surface area (Å²) in [6.45, 7) is 4.15. The van der Waals surface area contributed by atoms with Crippen molar-refractivity contribution in [2.75, 3.05) is 33.2 Å². The minimum atomic E-state index is -0.631. The van der Waals surface area contributed by atoms with Gasteiger partial charge in [-0.05, 0) is 69.1 Å². The Hall–Kier alpha value is -3.28. The molecule has 2 aliphatic rings. The minimum absolute atomic E-state index is 0.152. The molecule has 36 heavy (non-hydrogen) atoms. The van der Waals surface area contributed by atoms with Crippen LogP contribution in [0.2, 0.25) is 0 Å². The van der Waals surface area contributed by atoms with E-state index in [1.165, 1.54) is 0 Å². The molecule has 1 aromatic rings. The highest BCUT2D eigenvalue weighted by atomic mass is 16.2. The van der Waals surface area contributed by atoms with E-state index in [-0.39, 0.29) is 18.2 Å². The number of allylic oxidation sites excluding steroid dienone is 1. The summed E-state index contributed by atoms with van der Waals surface area (Å²) in [5, 5.41) is 6.17. The van der Waals surface area contributed by atoms with E-state index in [0.29, 0.717) is 24.6 Å². The molecule has 0 spiro atoms. The predicted octanol–water partition coefficient (Wildman–Crippen LogP) is 1.68. The van der Waals surface area contributed by atoms with Crippen LogP contribution in [-0.4, -0.2) is 79.5 Å². The molecule has 8 nitrogen and oxygen atoms in total. The van der Waals surface area contributed by atoms with Gasteiger partial charge in [-0.1, -0.05) is 24.0 Å². The normalized spacial score (nSPS) is 16.9. The molecule has 2 N–H and O–H groups in total. The molecule has 0 saturated carbocycles. The minimum Gasteiger partial charge on any atom is -0.359 e. The van der Waals surface area contributed by atoms with E-state index in [1.54, 1.807) is 24.1 Å². The third-order valence-electron chi connectivity index (χ3n) is 6.80. The van der Waals surface area contributed by atoms with Gasteiger partial charge >= 0.3 is 0 Å². The molecule has 2 aliphatic heterocycles. The van der Waals surface area contributed by atoms with Gasteiger partial charge in [-0.2, -0.15) is 0 Å². The van der Waals surface area contributed by atoms with Crippen LogP contribution in [0, 0.1) is 11.8 Å². The predicted molar refractivity (Wildman–Crippen MR) is 138 cm³/mol. The fourth-order valence-corrected chi connectivity index (χ4v) is 4.67. The largest absolute Gasteiger partial charge is 0.359 e. The number of amides is 2. The van der Waals surface area contributed by atoms with Crippen molar-refractivity contribution in [3.63, 3.8) is 0 Å². The maximum Gasteiger partial charge on any atom is 0.255 e. The maximum atomic E-state index is 12.9.